The highest BCUT2D eigenvalue weighted by molar-refractivity contribution is 5.66. The van der Waals surface area contributed by atoms with E-state index in [1.807, 2.05) is 13.8 Å². The first kappa shape index (κ1) is 26.2. The van der Waals surface area contributed by atoms with Crippen LogP contribution in [0.3, 0.4) is 0 Å². The first-order valence-corrected chi connectivity index (χ1v) is 15.4. The van der Waals surface area contributed by atoms with Crippen LogP contribution in [0.4, 0.5) is 0 Å². The Morgan fingerprint density at radius 2 is 1.61 bits per heavy atom. The molecule has 0 aromatic rings. The number of fused-ring (bicyclic) bond motifs is 4. The van der Waals surface area contributed by atoms with Crippen LogP contribution in [0.5, 0.6) is 0 Å². The van der Waals surface area contributed by atoms with Crippen LogP contribution in [0.15, 0.2) is 0 Å². The molecule has 6 nitrogen and oxygen atoms in total. The van der Waals surface area contributed by atoms with Crippen molar-refractivity contribution >= 4 is 5.97 Å². The minimum atomic E-state index is -1.06. The van der Waals surface area contributed by atoms with E-state index in [4.69, 9.17) is 14.2 Å². The molecular weight excluding hydrogens is 480 g/mol. The fourth-order valence-electron chi connectivity index (χ4n) is 13.1. The van der Waals surface area contributed by atoms with Crippen LogP contribution >= 0.6 is 0 Å². The molecule has 2 aliphatic heterocycles. The largest absolute Gasteiger partial charge is 0.457 e. The summed E-state index contributed by atoms with van der Waals surface area (Å²) in [5.41, 5.74) is -0.756. The summed E-state index contributed by atoms with van der Waals surface area (Å²) in [5, 5.41) is 23.6. The number of esters is 1. The summed E-state index contributed by atoms with van der Waals surface area (Å²) in [6.45, 7) is 17.0. The van der Waals surface area contributed by atoms with Gasteiger partial charge in [0.2, 0.25) is 0 Å². The Bertz CT molecular complexity index is 1070. The summed E-state index contributed by atoms with van der Waals surface area (Å²) >= 11 is 0. The molecule has 214 valence electrons. The van der Waals surface area contributed by atoms with Gasteiger partial charge < -0.3 is 24.4 Å². The van der Waals surface area contributed by atoms with Gasteiger partial charge in [-0.05, 0) is 105 Å². The van der Waals surface area contributed by atoms with Crippen molar-refractivity contribution in [3.63, 3.8) is 0 Å². The molecule has 7 fully saturated rings. The quantitative estimate of drug-likeness (QED) is 0.476. The van der Waals surface area contributed by atoms with Gasteiger partial charge in [0.1, 0.15) is 17.8 Å². The Hall–Kier alpha value is -0.690. The van der Waals surface area contributed by atoms with Crippen molar-refractivity contribution in [3.8, 4) is 0 Å². The van der Waals surface area contributed by atoms with E-state index in [1.165, 1.54) is 19.8 Å². The molecule has 7 rings (SSSR count). The second-order valence-electron chi connectivity index (χ2n) is 16.5. The van der Waals surface area contributed by atoms with Crippen LogP contribution < -0.4 is 0 Å². The van der Waals surface area contributed by atoms with Gasteiger partial charge in [0, 0.05) is 18.3 Å². The second kappa shape index (κ2) is 7.20. The number of hydrogen-bond donors (Lipinski definition) is 2. The molecule has 2 N–H and O–H groups in total. The van der Waals surface area contributed by atoms with Gasteiger partial charge >= 0.3 is 5.97 Å². The molecule has 2 saturated heterocycles. The lowest BCUT2D eigenvalue weighted by Gasteiger charge is -2.63. The molecule has 2 heterocycles. The van der Waals surface area contributed by atoms with Gasteiger partial charge in [-0.15, -0.1) is 0 Å². The van der Waals surface area contributed by atoms with Crippen molar-refractivity contribution < 1.29 is 29.2 Å². The van der Waals surface area contributed by atoms with Crippen LogP contribution in [0.25, 0.3) is 0 Å². The number of aliphatic hydroxyl groups excluding tert-OH is 2. The monoisotopic (exact) mass is 530 g/mol. The van der Waals surface area contributed by atoms with Gasteiger partial charge in [-0.1, -0.05) is 34.6 Å². The number of ether oxygens (including phenoxy) is 3. The average Bonchev–Trinajstić information content (AvgIpc) is 3.33. The van der Waals surface area contributed by atoms with E-state index >= 15 is 0 Å². The number of carbonyl (C=O) groups excluding carboxylic acids is 1. The molecule has 3 spiro atoms. The summed E-state index contributed by atoms with van der Waals surface area (Å²) in [4.78, 5) is 12.0. The molecule has 0 aromatic carbocycles. The minimum Gasteiger partial charge on any atom is -0.457 e. The molecule has 6 heteroatoms. The predicted molar refractivity (Wildman–Crippen MR) is 142 cm³/mol. The zero-order valence-electron chi connectivity index (χ0n) is 24.8. The van der Waals surface area contributed by atoms with Gasteiger partial charge in [-0.3, -0.25) is 4.79 Å². The summed E-state index contributed by atoms with van der Waals surface area (Å²) < 4.78 is 19.6. The molecule has 7 unspecified atom stereocenters. The van der Waals surface area contributed by atoms with E-state index in [1.54, 1.807) is 0 Å². The normalized spacial score (nSPS) is 59.6. The maximum atomic E-state index is 12.6. The molecule has 13 atom stereocenters. The van der Waals surface area contributed by atoms with E-state index in [0.717, 1.165) is 38.5 Å². The molecule has 0 aromatic heterocycles. The van der Waals surface area contributed by atoms with Crippen molar-refractivity contribution in [1.82, 2.24) is 0 Å². The summed E-state index contributed by atoms with van der Waals surface area (Å²) in [7, 11) is 0. The van der Waals surface area contributed by atoms with Gasteiger partial charge in [0.05, 0.1) is 12.2 Å². The van der Waals surface area contributed by atoms with Crippen molar-refractivity contribution in [2.75, 3.05) is 0 Å². The molecule has 0 radical (unpaired) electrons. The topological polar surface area (TPSA) is 85.2 Å². The number of carbonyl (C=O) groups is 1. The zero-order chi connectivity index (χ0) is 27.5. The Morgan fingerprint density at radius 3 is 2.29 bits per heavy atom. The third kappa shape index (κ3) is 2.61. The molecule has 38 heavy (non-hydrogen) atoms. The highest BCUT2D eigenvalue weighted by atomic mass is 16.8. The van der Waals surface area contributed by atoms with Crippen LogP contribution in [-0.2, 0) is 19.0 Å². The second-order valence-corrected chi connectivity index (χ2v) is 16.5. The molecule has 2 bridgehead atoms. The highest BCUT2D eigenvalue weighted by Gasteiger charge is 2.88. The fourth-order valence-corrected chi connectivity index (χ4v) is 13.1. The summed E-state index contributed by atoms with van der Waals surface area (Å²) in [6, 6.07) is 0. The van der Waals surface area contributed by atoms with E-state index in [2.05, 4.69) is 34.6 Å². The Morgan fingerprint density at radius 1 is 0.947 bits per heavy atom. The van der Waals surface area contributed by atoms with Gasteiger partial charge in [0.15, 0.2) is 5.79 Å². The molecular formula is C32H50O6. The van der Waals surface area contributed by atoms with E-state index in [-0.39, 0.29) is 45.8 Å². The Kier molecular flexibility index (Phi) is 4.97. The van der Waals surface area contributed by atoms with Crippen LogP contribution in [0.1, 0.15) is 107 Å². The lowest BCUT2D eigenvalue weighted by atomic mass is 9.41. The maximum Gasteiger partial charge on any atom is 0.303 e. The van der Waals surface area contributed by atoms with Crippen LogP contribution in [-0.4, -0.2) is 52.0 Å². The first-order chi connectivity index (χ1) is 17.5. The molecule has 7 aliphatic rings. The molecule has 0 amide bonds. The zero-order valence-corrected chi connectivity index (χ0v) is 24.8. The standard InChI is InChI=1S/C32H50O6/c1-17-15-19-24(27(5,6)36-18(2)33)38-32(37-19)23(17)28(7)13-14-31-16-30(31)12-11-22(34)26(3,4)20(30)9-10-21(31)29(28,8)25(32)35/h17,19-25,34-35H,9-16H2,1-8H3/t17?,19?,20?,21?,22-,23+,24-,25?,28+,29?,30+,31-,32?/m0/s1. The number of hydrogen-bond acceptors (Lipinski definition) is 6. The van der Waals surface area contributed by atoms with Gasteiger partial charge in [-0.25, -0.2) is 0 Å². The van der Waals surface area contributed by atoms with E-state index in [0.29, 0.717) is 23.2 Å². The van der Waals surface area contributed by atoms with E-state index < -0.39 is 23.6 Å². The minimum absolute atomic E-state index is 0.0513. The van der Waals surface area contributed by atoms with Gasteiger partial charge in [0.25, 0.3) is 0 Å². The highest BCUT2D eigenvalue weighted by Crippen LogP contribution is 2.90. The fraction of sp³-hybridized carbons (Fsp3) is 0.969. The van der Waals surface area contributed by atoms with Crippen molar-refractivity contribution in [2.24, 2.45) is 50.7 Å². The van der Waals surface area contributed by atoms with Crippen LogP contribution in [0.2, 0.25) is 0 Å². The number of aliphatic hydroxyl groups is 2. The Balaban J connectivity index is 1.30. The molecule has 5 saturated carbocycles. The molecule has 5 aliphatic carbocycles. The average molecular weight is 531 g/mol. The van der Waals surface area contributed by atoms with Crippen molar-refractivity contribution in [1.29, 1.82) is 0 Å². The third-order valence-electron chi connectivity index (χ3n) is 14.6. The summed E-state index contributed by atoms with van der Waals surface area (Å²) in [6.07, 6.45) is 7.12. The SMILES string of the molecule is CC(=O)OC(C)(C)[C@H]1OC23OC1CC(C)[C@@H]2[C@@]1(C)CC[C@@]24C[C@@]25CC[C@H](O)C(C)(C)C5CCC4C1(C)C3O. The van der Waals surface area contributed by atoms with Crippen LogP contribution in [0, 0.1) is 50.7 Å². The summed E-state index contributed by atoms with van der Waals surface area (Å²) in [5.74, 6) is 0.0392. The number of rotatable bonds is 2. The van der Waals surface area contributed by atoms with Crippen molar-refractivity contribution in [2.45, 2.75) is 143 Å². The smallest absolute Gasteiger partial charge is 0.303 e. The third-order valence-corrected chi connectivity index (χ3v) is 14.6. The Labute approximate surface area is 228 Å². The van der Waals surface area contributed by atoms with Crippen molar-refractivity contribution in [3.05, 3.63) is 0 Å². The lowest BCUT2D eigenvalue weighted by Crippen LogP contribution is -2.60. The lowest BCUT2D eigenvalue weighted by molar-refractivity contribution is -0.283. The van der Waals surface area contributed by atoms with Gasteiger partial charge in [-0.2, -0.15) is 0 Å². The van der Waals surface area contributed by atoms with E-state index in [9.17, 15) is 15.0 Å². The predicted octanol–water partition coefficient (Wildman–Crippen LogP) is 5.23. The maximum absolute atomic E-state index is 12.6. The first-order valence-electron chi connectivity index (χ1n) is 15.4.